The van der Waals surface area contributed by atoms with E-state index in [0.29, 0.717) is 0 Å². The Morgan fingerprint density at radius 2 is 1.86 bits per heavy atom. The zero-order valence-electron chi connectivity index (χ0n) is 16.3. The fourth-order valence-electron chi connectivity index (χ4n) is 3.45. The molecule has 0 amide bonds. The first-order valence-electron chi connectivity index (χ1n) is 9.20. The number of nitro benzene ring substituents is 1. The Labute approximate surface area is 163 Å². The highest BCUT2D eigenvalue weighted by molar-refractivity contribution is 5.65. The van der Waals surface area contributed by atoms with E-state index >= 15 is 0 Å². The second-order valence-corrected chi connectivity index (χ2v) is 7.08. The molecule has 3 rings (SSSR count). The maximum absolute atomic E-state index is 14.1. The molecule has 0 bridgehead atoms. The lowest BCUT2D eigenvalue weighted by Crippen LogP contribution is -2.39. The summed E-state index contributed by atoms with van der Waals surface area (Å²) >= 11 is 0. The maximum atomic E-state index is 14.1. The number of rotatable bonds is 6. The largest absolute Gasteiger partial charge is 0.497 e. The van der Waals surface area contributed by atoms with Gasteiger partial charge in [-0.2, -0.15) is 4.39 Å². The Balaban J connectivity index is 1.67. The molecule has 0 atom stereocenters. The van der Waals surface area contributed by atoms with E-state index in [1.807, 2.05) is 14.1 Å². The first-order chi connectivity index (χ1) is 13.4. The standard InChI is InChI=1S/C20H25FN4O3/c1-23(2)15-4-6-16(7-5-15)24-10-8-14(9-11-24)22-19-13-17(28-3)12-18(21)20(19)25(26)27/h4-7,12-14,22H,8-11H2,1-3H3. The molecular weight excluding hydrogens is 363 g/mol. The molecule has 28 heavy (non-hydrogen) atoms. The molecule has 0 aromatic heterocycles. The fourth-order valence-corrected chi connectivity index (χ4v) is 3.45. The monoisotopic (exact) mass is 388 g/mol. The van der Waals surface area contributed by atoms with Crippen molar-refractivity contribution in [3.05, 3.63) is 52.3 Å². The number of ether oxygens (including phenoxy) is 1. The van der Waals surface area contributed by atoms with Crippen molar-refractivity contribution in [2.75, 3.05) is 49.4 Å². The number of halogens is 1. The molecule has 0 unspecified atom stereocenters. The summed E-state index contributed by atoms with van der Waals surface area (Å²) in [5, 5.41) is 14.4. The second kappa shape index (κ2) is 8.33. The van der Waals surface area contributed by atoms with Crippen LogP contribution in [0.25, 0.3) is 0 Å². The lowest BCUT2D eigenvalue weighted by atomic mass is 10.0. The van der Waals surface area contributed by atoms with Gasteiger partial charge in [-0.1, -0.05) is 0 Å². The van der Waals surface area contributed by atoms with Crippen LogP contribution in [-0.2, 0) is 0 Å². The van der Waals surface area contributed by atoms with Crippen LogP contribution in [0.1, 0.15) is 12.8 Å². The van der Waals surface area contributed by atoms with Crippen LogP contribution in [0.4, 0.5) is 27.1 Å². The minimum atomic E-state index is -0.898. The Kier molecular flexibility index (Phi) is 5.87. The van der Waals surface area contributed by atoms with Crippen molar-refractivity contribution in [2.24, 2.45) is 0 Å². The lowest BCUT2D eigenvalue weighted by molar-refractivity contribution is -0.386. The van der Waals surface area contributed by atoms with Crippen molar-refractivity contribution in [3.63, 3.8) is 0 Å². The van der Waals surface area contributed by atoms with Crippen LogP contribution in [-0.4, -0.2) is 45.3 Å². The number of methoxy groups -OCH3 is 1. The van der Waals surface area contributed by atoms with E-state index in [4.69, 9.17) is 4.74 Å². The maximum Gasteiger partial charge on any atom is 0.327 e. The average Bonchev–Trinajstić information content (AvgIpc) is 2.68. The van der Waals surface area contributed by atoms with E-state index in [9.17, 15) is 14.5 Å². The number of nitro groups is 1. The van der Waals surface area contributed by atoms with Gasteiger partial charge >= 0.3 is 5.69 Å². The zero-order chi connectivity index (χ0) is 20.3. The minimum absolute atomic E-state index is 0.0301. The van der Waals surface area contributed by atoms with E-state index in [2.05, 4.69) is 39.4 Å². The van der Waals surface area contributed by atoms with Crippen LogP contribution in [0.5, 0.6) is 5.75 Å². The average molecular weight is 388 g/mol. The number of piperidine rings is 1. The quantitative estimate of drug-likeness (QED) is 0.598. The van der Waals surface area contributed by atoms with Crippen molar-refractivity contribution >= 4 is 22.7 Å². The van der Waals surface area contributed by atoms with Gasteiger partial charge in [0, 0.05) is 56.7 Å². The van der Waals surface area contributed by atoms with Crippen LogP contribution in [0, 0.1) is 15.9 Å². The number of anilines is 3. The third kappa shape index (κ3) is 4.27. The summed E-state index contributed by atoms with van der Waals surface area (Å²) in [6, 6.07) is 10.9. The third-order valence-corrected chi connectivity index (χ3v) is 5.04. The van der Waals surface area contributed by atoms with Gasteiger partial charge in [0.25, 0.3) is 0 Å². The van der Waals surface area contributed by atoms with Crippen LogP contribution >= 0.6 is 0 Å². The van der Waals surface area contributed by atoms with E-state index < -0.39 is 16.4 Å². The summed E-state index contributed by atoms with van der Waals surface area (Å²) in [7, 11) is 5.42. The Morgan fingerprint density at radius 3 is 2.39 bits per heavy atom. The zero-order valence-corrected chi connectivity index (χ0v) is 16.3. The van der Waals surface area contributed by atoms with Gasteiger partial charge in [0.1, 0.15) is 11.4 Å². The topological polar surface area (TPSA) is 70.9 Å². The highest BCUT2D eigenvalue weighted by Gasteiger charge is 2.26. The number of nitrogens with zero attached hydrogens (tertiary/aromatic N) is 3. The predicted molar refractivity (Wildman–Crippen MR) is 109 cm³/mol. The van der Waals surface area contributed by atoms with Gasteiger partial charge in [0.2, 0.25) is 5.82 Å². The highest BCUT2D eigenvalue weighted by atomic mass is 19.1. The molecule has 1 N–H and O–H groups in total. The molecule has 150 valence electrons. The van der Waals surface area contributed by atoms with Gasteiger partial charge < -0.3 is 19.9 Å². The number of hydrogen-bond acceptors (Lipinski definition) is 6. The van der Waals surface area contributed by atoms with E-state index in [1.165, 1.54) is 13.2 Å². The first-order valence-corrected chi connectivity index (χ1v) is 9.20. The Hall–Kier alpha value is -3.03. The lowest BCUT2D eigenvalue weighted by Gasteiger charge is -2.34. The first kappa shape index (κ1) is 19.7. The predicted octanol–water partition coefficient (Wildman–Crippen LogP) is 3.89. The molecule has 7 nitrogen and oxygen atoms in total. The number of hydrogen-bond donors (Lipinski definition) is 1. The van der Waals surface area contributed by atoms with Crippen molar-refractivity contribution in [1.82, 2.24) is 0 Å². The van der Waals surface area contributed by atoms with Crippen molar-refractivity contribution in [3.8, 4) is 5.75 Å². The molecule has 0 radical (unpaired) electrons. The minimum Gasteiger partial charge on any atom is -0.497 e. The molecule has 1 saturated heterocycles. The SMILES string of the molecule is COc1cc(F)c([N+](=O)[O-])c(NC2CCN(c3ccc(N(C)C)cc3)CC2)c1. The van der Waals surface area contributed by atoms with Gasteiger partial charge in [-0.3, -0.25) is 10.1 Å². The molecule has 2 aromatic carbocycles. The molecule has 8 heteroatoms. The summed E-state index contributed by atoms with van der Waals surface area (Å²) in [5.74, 6) is -0.644. The van der Waals surface area contributed by atoms with E-state index in [-0.39, 0.29) is 17.5 Å². The molecule has 0 saturated carbocycles. The summed E-state index contributed by atoms with van der Waals surface area (Å²) in [6.07, 6.45) is 1.59. The molecule has 1 aliphatic rings. The molecule has 1 aliphatic heterocycles. The summed E-state index contributed by atoms with van der Waals surface area (Å²) < 4.78 is 19.1. The Bertz CT molecular complexity index is 834. The molecule has 2 aromatic rings. The number of benzene rings is 2. The van der Waals surface area contributed by atoms with Gasteiger partial charge in [-0.25, -0.2) is 0 Å². The highest BCUT2D eigenvalue weighted by Crippen LogP contribution is 2.34. The molecule has 0 aliphatic carbocycles. The Morgan fingerprint density at radius 1 is 1.21 bits per heavy atom. The van der Waals surface area contributed by atoms with Gasteiger partial charge in [0.05, 0.1) is 12.0 Å². The van der Waals surface area contributed by atoms with E-state index in [0.717, 1.165) is 43.4 Å². The normalized spacial score (nSPS) is 14.6. The van der Waals surface area contributed by atoms with Gasteiger partial charge in [-0.15, -0.1) is 0 Å². The van der Waals surface area contributed by atoms with Crippen molar-refractivity contribution in [1.29, 1.82) is 0 Å². The van der Waals surface area contributed by atoms with E-state index in [1.54, 1.807) is 0 Å². The van der Waals surface area contributed by atoms with Crippen molar-refractivity contribution in [2.45, 2.75) is 18.9 Å². The van der Waals surface area contributed by atoms with Gasteiger partial charge in [-0.05, 0) is 37.1 Å². The van der Waals surface area contributed by atoms with Gasteiger partial charge in [0.15, 0.2) is 0 Å². The second-order valence-electron chi connectivity index (χ2n) is 7.08. The molecule has 0 spiro atoms. The molecular formula is C20H25FN4O3. The fraction of sp³-hybridized carbons (Fsp3) is 0.400. The van der Waals surface area contributed by atoms with Crippen molar-refractivity contribution < 1.29 is 14.1 Å². The van der Waals surface area contributed by atoms with Crippen LogP contribution in [0.2, 0.25) is 0 Å². The molecule has 1 fully saturated rings. The smallest absolute Gasteiger partial charge is 0.327 e. The summed E-state index contributed by atoms with van der Waals surface area (Å²) in [6.45, 7) is 1.64. The third-order valence-electron chi connectivity index (χ3n) is 5.04. The molecule has 1 heterocycles. The summed E-state index contributed by atoms with van der Waals surface area (Å²) in [5.41, 5.74) is 1.92. The van der Waals surface area contributed by atoms with Crippen LogP contribution < -0.4 is 19.9 Å². The summed E-state index contributed by atoms with van der Waals surface area (Å²) in [4.78, 5) is 14.9. The van der Waals surface area contributed by atoms with Crippen LogP contribution in [0.3, 0.4) is 0 Å². The van der Waals surface area contributed by atoms with Crippen LogP contribution in [0.15, 0.2) is 36.4 Å². The number of nitrogens with one attached hydrogen (secondary N) is 1.